The van der Waals surface area contributed by atoms with Crippen LogP contribution >= 0.6 is 37.9 Å². The Bertz CT molecular complexity index is 668. The molecule has 8 N–H and O–H groups in total. The van der Waals surface area contributed by atoms with Crippen LogP contribution in [0.5, 0.6) is 0 Å². The Morgan fingerprint density at radius 1 is 0.774 bits per heavy atom. The standard InChI is InChI=1S/C16H29N5O7S3/c1-6(16(27)28)18-13(24)9(4-30)19-14(25)10(5-31)20-15(26)11(7(2)22)21-12(23)8(17)3-29/h6-11,22,29-31H,3-5,17H2,1-2H3,(H,18,24)(H,19,25)(H,20,26)(H,21,23)(H,27,28). The summed E-state index contributed by atoms with van der Waals surface area (Å²) in [4.78, 5) is 59.9. The van der Waals surface area contributed by atoms with E-state index in [1.807, 2.05) is 0 Å². The maximum atomic E-state index is 12.5. The van der Waals surface area contributed by atoms with E-state index in [1.54, 1.807) is 0 Å². The van der Waals surface area contributed by atoms with Gasteiger partial charge in [0.25, 0.3) is 0 Å². The van der Waals surface area contributed by atoms with Crippen molar-refractivity contribution in [2.45, 2.75) is 50.2 Å². The molecule has 0 aromatic heterocycles. The molecule has 31 heavy (non-hydrogen) atoms. The van der Waals surface area contributed by atoms with Gasteiger partial charge in [-0.2, -0.15) is 37.9 Å². The van der Waals surface area contributed by atoms with Crippen molar-refractivity contribution in [3.05, 3.63) is 0 Å². The van der Waals surface area contributed by atoms with Gasteiger partial charge in [-0.3, -0.25) is 24.0 Å². The lowest BCUT2D eigenvalue weighted by atomic mass is 10.1. The summed E-state index contributed by atoms with van der Waals surface area (Å²) in [7, 11) is 0. The Kier molecular flexibility index (Phi) is 13.6. The van der Waals surface area contributed by atoms with Crippen molar-refractivity contribution in [3.63, 3.8) is 0 Å². The van der Waals surface area contributed by atoms with Crippen LogP contribution in [0.15, 0.2) is 0 Å². The van der Waals surface area contributed by atoms with Crippen molar-refractivity contribution < 1.29 is 34.2 Å². The summed E-state index contributed by atoms with van der Waals surface area (Å²) >= 11 is 11.9. The van der Waals surface area contributed by atoms with Crippen LogP contribution in [0.2, 0.25) is 0 Å². The molecule has 6 atom stereocenters. The van der Waals surface area contributed by atoms with Gasteiger partial charge in [0.1, 0.15) is 24.2 Å². The average Bonchev–Trinajstić information content (AvgIpc) is 2.71. The molecule has 12 nitrogen and oxygen atoms in total. The maximum absolute atomic E-state index is 12.5. The molecule has 0 fully saturated rings. The van der Waals surface area contributed by atoms with Crippen molar-refractivity contribution in [2.75, 3.05) is 17.3 Å². The molecule has 15 heteroatoms. The number of carboxylic acids is 1. The van der Waals surface area contributed by atoms with Crippen LogP contribution in [0.3, 0.4) is 0 Å². The molecule has 0 aliphatic rings. The number of aliphatic hydroxyl groups excluding tert-OH is 1. The third kappa shape index (κ3) is 9.99. The SMILES string of the molecule is CC(NC(=O)C(CS)NC(=O)C(CS)NC(=O)C(NC(=O)C(N)CS)C(C)O)C(=O)O. The van der Waals surface area contributed by atoms with Crippen LogP contribution in [0.25, 0.3) is 0 Å². The van der Waals surface area contributed by atoms with Gasteiger partial charge in [-0.15, -0.1) is 0 Å². The van der Waals surface area contributed by atoms with Gasteiger partial charge in [-0.1, -0.05) is 0 Å². The molecule has 0 aliphatic carbocycles. The van der Waals surface area contributed by atoms with Crippen LogP contribution in [0.4, 0.5) is 0 Å². The third-order valence-electron chi connectivity index (χ3n) is 3.96. The van der Waals surface area contributed by atoms with Gasteiger partial charge in [0.15, 0.2) is 0 Å². The Balaban J connectivity index is 5.16. The minimum absolute atomic E-state index is 0.00925. The molecule has 0 radical (unpaired) electrons. The molecular weight excluding hydrogens is 470 g/mol. The van der Waals surface area contributed by atoms with Gasteiger partial charge in [0.2, 0.25) is 23.6 Å². The number of carbonyl (C=O) groups is 5. The number of thiol groups is 3. The Morgan fingerprint density at radius 2 is 1.23 bits per heavy atom. The van der Waals surface area contributed by atoms with Crippen molar-refractivity contribution in [3.8, 4) is 0 Å². The molecule has 0 aromatic carbocycles. The maximum Gasteiger partial charge on any atom is 0.325 e. The van der Waals surface area contributed by atoms with E-state index in [0.29, 0.717) is 0 Å². The van der Waals surface area contributed by atoms with Crippen LogP contribution in [0.1, 0.15) is 13.8 Å². The number of nitrogens with two attached hydrogens (primary N) is 1. The monoisotopic (exact) mass is 499 g/mol. The molecule has 0 heterocycles. The number of aliphatic carboxylic acids is 1. The number of nitrogens with one attached hydrogen (secondary N) is 4. The number of amides is 4. The predicted molar refractivity (Wildman–Crippen MR) is 122 cm³/mol. The molecular formula is C16H29N5O7S3. The lowest BCUT2D eigenvalue weighted by Gasteiger charge is -2.26. The Morgan fingerprint density at radius 3 is 1.61 bits per heavy atom. The van der Waals surface area contributed by atoms with E-state index in [9.17, 15) is 29.1 Å². The second kappa shape index (κ2) is 14.4. The first-order valence-electron chi connectivity index (χ1n) is 9.10. The number of aliphatic hydroxyl groups is 1. The van der Waals surface area contributed by atoms with Crippen molar-refractivity contribution in [2.24, 2.45) is 5.73 Å². The zero-order valence-electron chi connectivity index (χ0n) is 16.9. The summed E-state index contributed by atoms with van der Waals surface area (Å²) in [6.07, 6.45) is -1.31. The molecule has 4 amide bonds. The number of carbonyl (C=O) groups excluding carboxylic acids is 4. The topological polar surface area (TPSA) is 200 Å². The van der Waals surface area contributed by atoms with Crippen LogP contribution in [-0.4, -0.2) is 93.4 Å². The van der Waals surface area contributed by atoms with Crippen molar-refractivity contribution in [1.82, 2.24) is 21.3 Å². The zero-order chi connectivity index (χ0) is 24.3. The molecule has 0 rings (SSSR count). The molecule has 178 valence electrons. The summed E-state index contributed by atoms with van der Waals surface area (Å²) in [5.41, 5.74) is 5.53. The average molecular weight is 500 g/mol. The largest absolute Gasteiger partial charge is 0.480 e. The summed E-state index contributed by atoms with van der Waals surface area (Å²) in [6, 6.07) is -6.03. The number of carboxylic acid groups (broad SMARTS) is 1. The Hall–Kier alpha value is -1.68. The molecule has 0 aliphatic heterocycles. The fourth-order valence-corrected chi connectivity index (χ4v) is 2.73. The van der Waals surface area contributed by atoms with Gasteiger partial charge < -0.3 is 37.2 Å². The lowest BCUT2D eigenvalue weighted by Crippen LogP contribution is -2.61. The van der Waals surface area contributed by atoms with E-state index in [0.717, 1.165) is 0 Å². The van der Waals surface area contributed by atoms with Crippen LogP contribution in [-0.2, 0) is 24.0 Å². The van der Waals surface area contributed by atoms with Crippen molar-refractivity contribution >= 4 is 67.5 Å². The first-order valence-corrected chi connectivity index (χ1v) is 11.0. The van der Waals surface area contributed by atoms with E-state index in [1.165, 1.54) is 13.8 Å². The van der Waals surface area contributed by atoms with Gasteiger partial charge in [0, 0.05) is 17.3 Å². The number of hydrogen-bond acceptors (Lipinski definition) is 10. The van der Waals surface area contributed by atoms with Crippen molar-refractivity contribution in [1.29, 1.82) is 0 Å². The highest BCUT2D eigenvalue weighted by Gasteiger charge is 2.32. The second-order valence-electron chi connectivity index (χ2n) is 6.57. The first kappa shape index (κ1) is 29.3. The molecule has 0 aromatic rings. The molecule has 6 unspecified atom stereocenters. The fourth-order valence-electron chi connectivity index (χ4n) is 2.05. The van der Waals surface area contributed by atoms with Gasteiger partial charge in [-0.25, -0.2) is 0 Å². The minimum atomic E-state index is -1.41. The first-order chi connectivity index (χ1) is 14.4. The van der Waals surface area contributed by atoms with E-state index >= 15 is 0 Å². The predicted octanol–water partition coefficient (Wildman–Crippen LogP) is -3.47. The van der Waals surface area contributed by atoms with Crippen LogP contribution < -0.4 is 27.0 Å². The second-order valence-corrected chi connectivity index (χ2v) is 7.67. The normalized spacial score (nSPS) is 16.6. The van der Waals surface area contributed by atoms with E-state index in [4.69, 9.17) is 10.8 Å². The quantitative estimate of drug-likeness (QED) is 0.115. The lowest BCUT2D eigenvalue weighted by molar-refractivity contribution is -0.141. The molecule has 0 saturated heterocycles. The highest BCUT2D eigenvalue weighted by Crippen LogP contribution is 2.00. The van der Waals surface area contributed by atoms with E-state index in [2.05, 4.69) is 59.2 Å². The minimum Gasteiger partial charge on any atom is -0.480 e. The summed E-state index contributed by atoms with van der Waals surface area (Å²) in [6.45, 7) is 2.51. The highest BCUT2D eigenvalue weighted by atomic mass is 32.1. The molecule has 0 bridgehead atoms. The van der Waals surface area contributed by atoms with Gasteiger partial charge in [-0.05, 0) is 13.8 Å². The molecule has 0 saturated carbocycles. The fraction of sp³-hybridized carbons (Fsp3) is 0.688. The van der Waals surface area contributed by atoms with Crippen LogP contribution in [0, 0.1) is 0 Å². The Labute approximate surface area is 196 Å². The summed E-state index contributed by atoms with van der Waals surface area (Å²) < 4.78 is 0. The third-order valence-corrected chi connectivity index (χ3v) is 5.08. The molecule has 0 spiro atoms. The smallest absolute Gasteiger partial charge is 0.325 e. The highest BCUT2D eigenvalue weighted by molar-refractivity contribution is 7.80. The zero-order valence-corrected chi connectivity index (χ0v) is 19.6. The van der Waals surface area contributed by atoms with Gasteiger partial charge >= 0.3 is 5.97 Å². The van der Waals surface area contributed by atoms with Gasteiger partial charge in [0.05, 0.1) is 12.1 Å². The number of rotatable bonds is 13. The summed E-state index contributed by atoms with van der Waals surface area (Å²) in [5.74, 6) is -4.76. The van der Waals surface area contributed by atoms with E-state index < -0.39 is 65.9 Å². The summed E-state index contributed by atoms with van der Waals surface area (Å²) in [5, 5.41) is 27.8. The number of hydrogen-bond donors (Lipinski definition) is 10. The van der Waals surface area contributed by atoms with E-state index in [-0.39, 0.29) is 17.3 Å².